The monoisotopic (exact) mass is 1230 g/mol. The number of hydrazone groups is 2. The Morgan fingerprint density at radius 1 is 0.633 bits per heavy atom. The van der Waals surface area contributed by atoms with Gasteiger partial charge in [0, 0.05) is 24.3 Å². The summed E-state index contributed by atoms with van der Waals surface area (Å²) in [6.07, 6.45) is 1.30. The summed E-state index contributed by atoms with van der Waals surface area (Å²) < 4.78 is 195. The van der Waals surface area contributed by atoms with Gasteiger partial charge in [-0.15, -0.1) is 0 Å². The van der Waals surface area contributed by atoms with Crippen molar-refractivity contribution in [2.75, 3.05) is 54.5 Å². The van der Waals surface area contributed by atoms with Gasteiger partial charge < -0.3 is 42.5 Å². The minimum absolute atomic E-state index is 0. The summed E-state index contributed by atoms with van der Waals surface area (Å²) in [6.45, 7) is 0.781. The zero-order chi connectivity index (χ0) is 53.7. The van der Waals surface area contributed by atoms with Crippen LogP contribution in [0.25, 0.3) is 12.2 Å². The number of morpholine rings is 1. The summed E-state index contributed by atoms with van der Waals surface area (Å²) in [5.41, 5.74) is -1.89. The molecule has 2 heterocycles. The Morgan fingerprint density at radius 2 is 1.20 bits per heavy atom. The Bertz CT molecular complexity index is 4070. The second kappa shape index (κ2) is 27.8. The molecule has 4 N–H and O–H groups in total. The maximum Gasteiger partial charge on any atom is 1.00 e. The summed E-state index contributed by atoms with van der Waals surface area (Å²) in [7, 11) is -25.9. The zero-order valence-electron chi connectivity index (χ0n) is 41.9. The first-order valence-electron chi connectivity index (χ1n) is 20.3. The normalized spacial score (nSPS) is 15.8. The van der Waals surface area contributed by atoms with Crippen molar-refractivity contribution in [2.45, 2.75) is 14.7 Å². The van der Waals surface area contributed by atoms with Crippen LogP contribution < -0.4 is 179 Å². The second-order valence-corrected chi connectivity index (χ2v) is 22.1. The largest absolute Gasteiger partial charge is 1.00 e. The molecule has 1 fully saturated rings. The van der Waals surface area contributed by atoms with Gasteiger partial charge in [-0.2, -0.15) is 20.2 Å². The smallest absolute Gasteiger partial charge is 0.744 e. The van der Waals surface area contributed by atoms with Crippen LogP contribution in [0.1, 0.15) is 31.8 Å². The number of para-hydroxylation sites is 1. The molecule has 0 bridgehead atoms. The number of aromatic nitrogens is 3. The number of carbonyl (C=O) groups is 2. The fourth-order valence-electron chi connectivity index (χ4n) is 7.26. The van der Waals surface area contributed by atoms with Gasteiger partial charge in [-0.3, -0.25) is 25.4 Å². The predicted molar refractivity (Wildman–Crippen MR) is 250 cm³/mol. The van der Waals surface area contributed by atoms with Gasteiger partial charge in [0.25, 0.3) is 0 Å². The number of H-pyrrole nitrogens is 1. The molecule has 0 saturated carbocycles. The number of ether oxygens (including phenoxy) is 2. The molecule has 79 heavy (non-hydrogen) atoms. The molecule has 0 amide bonds. The van der Waals surface area contributed by atoms with Crippen LogP contribution in [0.3, 0.4) is 0 Å². The molecule has 1 aromatic heterocycles. The van der Waals surface area contributed by atoms with E-state index in [1.54, 1.807) is 4.90 Å². The van der Waals surface area contributed by atoms with Crippen molar-refractivity contribution >= 4 is 120 Å². The van der Waals surface area contributed by atoms with Crippen LogP contribution in [0.15, 0.2) is 112 Å². The third kappa shape index (κ3) is 16.6. The van der Waals surface area contributed by atoms with Gasteiger partial charge in [0.1, 0.15) is 67.8 Å². The van der Waals surface area contributed by atoms with Crippen LogP contribution in [0.4, 0.5) is 34.6 Å². The van der Waals surface area contributed by atoms with Gasteiger partial charge >= 0.3 is 148 Å². The van der Waals surface area contributed by atoms with E-state index in [9.17, 15) is 74.4 Å². The Labute approximate surface area is 559 Å². The maximum absolute atomic E-state index is 14.3. The van der Waals surface area contributed by atoms with Gasteiger partial charge in [0.2, 0.25) is 29.1 Å². The first-order chi connectivity index (χ1) is 34.6. The minimum Gasteiger partial charge on any atom is -0.744 e. The number of Topliss-reactive ketones (excluding diaryl/α,β-unsaturated/α-hetero) is 2. The van der Waals surface area contributed by atoms with Crippen LogP contribution >= 0.6 is 0 Å². The SMILES string of the molecule is COc1ccc(N/N=C2\C(=O)c3ccc(Nc4nc(N5CCOCC5)[nH]c(=Nc5cc(S(=O)(=O)[O-])cc6c5C(=O)/C(=N/Nc5ccccc5S(=O)(=O)[O-])C(S(=O)(=O)[O-])=C6)n4)cc3C=C2S(=O)(=O)[O-])c(S(=O)(=O)[O-])c1.[Na+].[Na+].[Na+].[Na+].[Na+]. The molecule has 2 aliphatic carbocycles. The maximum atomic E-state index is 14.3. The average molecular weight is 1230 g/mol. The van der Waals surface area contributed by atoms with E-state index < -0.39 is 132 Å². The standard InChI is InChI=1S/C40H34N10O19S5.5Na/c1-68-23-7-9-27(30(18-23)72(59,60)61)47-48-34-31(73(62,63)64)16-20-14-22(6-8-25(20)36(34)51)41-38-43-39(45-40(44-38)50-10-12-69-13-11-50)42-28-19-24(70(53,54)55)15-21-17-32(74(65,66)67)35(37(52)33(21)28)49-46-26-4-2-3-5-29(26)71(56,57)58;;;;;/h2-9,14-19,46-47H,10-13H2,1H3,(H,53,54,55)(H,56,57,58)(H,59,60,61)(H,62,63,64)(H,65,66,67)(H2,41,42,43,44,45);;;;;/q;5*+1/p-5/b48-34-,49-35+;;;;;. The predicted octanol–water partition coefficient (Wildman–Crippen LogP) is -14.5. The number of carbonyl (C=O) groups excluding carboxylic acids is 2. The van der Waals surface area contributed by atoms with Crippen LogP contribution in [0, 0.1) is 0 Å². The van der Waals surface area contributed by atoms with Crippen LogP contribution in [0.2, 0.25) is 0 Å². The Morgan fingerprint density at radius 3 is 1.77 bits per heavy atom. The van der Waals surface area contributed by atoms with Gasteiger partial charge in [-0.25, -0.2) is 47.1 Å². The Balaban J connectivity index is 0.00000328. The van der Waals surface area contributed by atoms with E-state index in [1.165, 1.54) is 43.5 Å². The molecule has 8 rings (SSSR count). The van der Waals surface area contributed by atoms with Crippen molar-refractivity contribution in [3.05, 3.63) is 110 Å². The van der Waals surface area contributed by atoms with E-state index in [0.29, 0.717) is 18.2 Å². The Kier molecular flexibility index (Phi) is 24.9. The molecule has 1 aliphatic heterocycles. The zero-order valence-corrected chi connectivity index (χ0v) is 56.0. The number of ketones is 2. The summed E-state index contributed by atoms with van der Waals surface area (Å²) in [5.74, 6) is -3.00. The molecule has 5 aromatic rings. The van der Waals surface area contributed by atoms with Crippen LogP contribution in [-0.4, -0.2) is 136 Å². The van der Waals surface area contributed by atoms with Crippen LogP contribution in [0.5, 0.6) is 5.75 Å². The molecule has 1 saturated heterocycles. The molecule has 388 valence electrons. The van der Waals surface area contributed by atoms with Crippen molar-refractivity contribution in [3.63, 3.8) is 0 Å². The quantitative estimate of drug-likeness (QED) is 0.0456. The molecule has 39 heteroatoms. The van der Waals surface area contributed by atoms with Crippen molar-refractivity contribution in [2.24, 2.45) is 15.2 Å². The van der Waals surface area contributed by atoms with Crippen LogP contribution in [-0.2, 0) is 55.3 Å². The summed E-state index contributed by atoms with van der Waals surface area (Å²) in [6, 6.07) is 12.2. The van der Waals surface area contributed by atoms with Gasteiger partial charge in [0.05, 0.1) is 67.4 Å². The van der Waals surface area contributed by atoms with Crippen molar-refractivity contribution in [3.8, 4) is 5.75 Å². The fourth-order valence-corrected chi connectivity index (χ4v) is 10.4. The second-order valence-electron chi connectivity index (χ2n) is 15.3. The molecule has 29 nitrogen and oxygen atoms in total. The number of aromatic amines is 1. The number of rotatable bonds is 14. The van der Waals surface area contributed by atoms with Gasteiger partial charge in [-0.05, 0) is 83.9 Å². The van der Waals surface area contributed by atoms with Crippen molar-refractivity contribution in [1.29, 1.82) is 0 Å². The average Bonchev–Trinajstić information content (AvgIpc) is 3.32. The molecule has 0 spiro atoms. The van der Waals surface area contributed by atoms with E-state index in [-0.39, 0.29) is 209 Å². The summed E-state index contributed by atoms with van der Waals surface area (Å²) in [5, 5.41) is 10.2. The van der Waals surface area contributed by atoms with Crippen molar-refractivity contribution < 1.29 is 232 Å². The number of hydrogen-bond acceptors (Lipinski definition) is 28. The first-order valence-corrected chi connectivity index (χ1v) is 27.4. The number of anilines is 5. The number of benzene rings is 4. The topological polar surface area (TPSA) is 457 Å². The molecule has 0 radical (unpaired) electrons. The number of nitrogens with one attached hydrogen (secondary N) is 4. The minimum atomic E-state index is -5.69. The van der Waals surface area contributed by atoms with E-state index in [4.69, 9.17) is 9.47 Å². The number of fused-ring (bicyclic) bond motifs is 2. The Hall–Kier alpha value is -2.64. The molecule has 0 unspecified atom stereocenters. The van der Waals surface area contributed by atoms with E-state index in [1.807, 2.05) is 0 Å². The van der Waals surface area contributed by atoms with E-state index in [2.05, 4.69) is 46.3 Å². The van der Waals surface area contributed by atoms with Gasteiger partial charge in [0.15, 0.2) is 0 Å². The summed E-state index contributed by atoms with van der Waals surface area (Å²) >= 11 is 0. The molecule has 3 aliphatic rings. The molecule has 4 aromatic carbocycles. The number of hydrogen-bond donors (Lipinski definition) is 4. The molecule has 0 atom stereocenters. The van der Waals surface area contributed by atoms with E-state index >= 15 is 0 Å². The third-order valence-corrected chi connectivity index (χ3v) is 14.9. The third-order valence-electron chi connectivity index (χ3n) is 10.6. The molecular weight excluding hydrogens is 1200 g/mol. The first kappa shape index (κ1) is 70.6. The number of methoxy groups -OCH3 is 1. The molecular formula is C40H29N10Na5O19S5. The number of nitrogens with zero attached hydrogens (tertiary/aromatic N) is 6. The van der Waals surface area contributed by atoms with Gasteiger partial charge in [-0.1, -0.05) is 12.1 Å². The fraction of sp³-hybridized carbons (Fsp3) is 0.125. The summed E-state index contributed by atoms with van der Waals surface area (Å²) in [4.78, 5) is 40.1. The van der Waals surface area contributed by atoms with Crippen molar-refractivity contribution in [1.82, 2.24) is 15.0 Å². The van der Waals surface area contributed by atoms with E-state index in [0.717, 1.165) is 30.3 Å². The number of allylic oxidation sites excluding steroid dienone is 2.